The minimum atomic E-state index is -1.14. The zero-order valence-electron chi connectivity index (χ0n) is 17.2. The highest BCUT2D eigenvalue weighted by Gasteiger charge is 2.50. The smallest absolute Gasteiger partial charge is 0.254 e. The average Bonchev–Trinajstić information content (AvgIpc) is 3.56. The normalized spacial score (nSPS) is 17.6. The summed E-state index contributed by atoms with van der Waals surface area (Å²) in [5.41, 5.74) is 9.43. The minimum absolute atomic E-state index is 0.0386. The Hall–Kier alpha value is -2.90. The molecule has 4 rings (SSSR count). The first-order chi connectivity index (χ1) is 14.5. The third-order valence-corrected chi connectivity index (χ3v) is 6.04. The summed E-state index contributed by atoms with van der Waals surface area (Å²) in [4.78, 5) is 28.6. The summed E-state index contributed by atoms with van der Waals surface area (Å²) in [5, 5.41) is 13.2. The molecule has 2 aliphatic rings. The monoisotopic (exact) mass is 408 g/mol. The first-order valence-corrected chi connectivity index (χ1v) is 10.4. The summed E-state index contributed by atoms with van der Waals surface area (Å²) in [6.07, 6.45) is 1.08. The van der Waals surface area contributed by atoms with Crippen molar-refractivity contribution in [3.8, 4) is 11.1 Å². The Kier molecular flexibility index (Phi) is 5.49. The molecule has 4 N–H and O–H groups in total. The molecule has 1 aliphatic carbocycles. The number of carbonyl (C=O) groups excluding carboxylic acids is 2. The number of nitrogens with two attached hydrogens (primary N) is 1. The molecule has 2 fully saturated rings. The molecular formula is C23H28N4O3. The van der Waals surface area contributed by atoms with E-state index in [4.69, 9.17) is 5.73 Å². The van der Waals surface area contributed by atoms with Crippen LogP contribution in [0.2, 0.25) is 0 Å². The molecule has 0 atom stereocenters. The number of nitrogens with zero attached hydrogens (tertiary/aromatic N) is 2. The molecule has 1 saturated heterocycles. The van der Waals surface area contributed by atoms with Gasteiger partial charge in [-0.15, -0.1) is 0 Å². The van der Waals surface area contributed by atoms with Crippen LogP contribution in [0.5, 0.6) is 0 Å². The maximum Gasteiger partial charge on any atom is 0.254 e. The third kappa shape index (κ3) is 3.78. The van der Waals surface area contributed by atoms with E-state index in [1.807, 2.05) is 49.5 Å². The molecule has 30 heavy (non-hydrogen) atoms. The van der Waals surface area contributed by atoms with Gasteiger partial charge in [-0.3, -0.25) is 9.59 Å². The Morgan fingerprint density at radius 3 is 2.23 bits per heavy atom. The SMILES string of the molecule is CNc1c(CN)cccc1-c1ccc(C(=O)N2CCN(C(=O)C3(O)CC3)CC2)cc1. The molecule has 2 aromatic rings. The summed E-state index contributed by atoms with van der Waals surface area (Å²) < 4.78 is 0. The minimum Gasteiger partial charge on any atom is -0.387 e. The van der Waals surface area contributed by atoms with Gasteiger partial charge >= 0.3 is 0 Å². The van der Waals surface area contributed by atoms with Crippen molar-refractivity contribution < 1.29 is 14.7 Å². The maximum absolute atomic E-state index is 12.9. The van der Waals surface area contributed by atoms with Gasteiger partial charge in [-0.2, -0.15) is 0 Å². The lowest BCUT2D eigenvalue weighted by Crippen LogP contribution is -2.53. The van der Waals surface area contributed by atoms with Crippen LogP contribution in [0.4, 0.5) is 5.69 Å². The van der Waals surface area contributed by atoms with Crippen LogP contribution in [-0.4, -0.2) is 65.5 Å². The van der Waals surface area contributed by atoms with E-state index in [1.54, 1.807) is 9.80 Å². The van der Waals surface area contributed by atoms with Gasteiger partial charge in [0.15, 0.2) is 0 Å². The largest absolute Gasteiger partial charge is 0.387 e. The second kappa shape index (κ2) is 8.08. The van der Waals surface area contributed by atoms with E-state index in [-0.39, 0.29) is 11.8 Å². The van der Waals surface area contributed by atoms with Gasteiger partial charge in [0.25, 0.3) is 11.8 Å². The number of nitrogens with one attached hydrogen (secondary N) is 1. The zero-order valence-corrected chi connectivity index (χ0v) is 17.2. The molecular weight excluding hydrogens is 380 g/mol. The molecule has 158 valence electrons. The lowest BCUT2D eigenvalue weighted by Gasteiger charge is -2.35. The molecule has 7 heteroatoms. The van der Waals surface area contributed by atoms with Crippen LogP contribution < -0.4 is 11.1 Å². The molecule has 7 nitrogen and oxygen atoms in total. The second-order valence-electron chi connectivity index (χ2n) is 7.99. The van der Waals surface area contributed by atoms with Crippen molar-refractivity contribution >= 4 is 17.5 Å². The van der Waals surface area contributed by atoms with E-state index in [1.165, 1.54) is 0 Å². The van der Waals surface area contributed by atoms with Gasteiger partial charge in [0.1, 0.15) is 5.60 Å². The fraction of sp³-hybridized carbons (Fsp3) is 0.391. The number of piperazine rings is 1. The van der Waals surface area contributed by atoms with Gasteiger partial charge in [-0.25, -0.2) is 0 Å². The molecule has 1 saturated carbocycles. The van der Waals surface area contributed by atoms with Crippen molar-refractivity contribution in [2.45, 2.75) is 25.0 Å². The summed E-state index contributed by atoms with van der Waals surface area (Å²) in [6, 6.07) is 13.6. The van der Waals surface area contributed by atoms with Gasteiger partial charge in [-0.1, -0.05) is 30.3 Å². The summed E-state index contributed by atoms with van der Waals surface area (Å²) in [7, 11) is 1.88. The Labute approximate surface area is 176 Å². The summed E-state index contributed by atoms with van der Waals surface area (Å²) in [5.74, 6) is -0.234. The Balaban J connectivity index is 1.44. The quantitative estimate of drug-likeness (QED) is 0.699. The zero-order chi connectivity index (χ0) is 21.3. The van der Waals surface area contributed by atoms with E-state index >= 15 is 0 Å². The van der Waals surface area contributed by atoms with Gasteiger partial charge in [0.2, 0.25) is 0 Å². The third-order valence-electron chi connectivity index (χ3n) is 6.04. The molecule has 0 bridgehead atoms. The molecule has 2 aromatic carbocycles. The highest BCUT2D eigenvalue weighted by Crippen LogP contribution is 2.37. The molecule has 0 radical (unpaired) electrons. The number of aliphatic hydroxyl groups is 1. The van der Waals surface area contributed by atoms with Gasteiger partial charge in [0, 0.05) is 56.6 Å². The highest BCUT2D eigenvalue weighted by atomic mass is 16.3. The van der Waals surface area contributed by atoms with Crippen LogP contribution in [0.3, 0.4) is 0 Å². The molecule has 0 aromatic heterocycles. The van der Waals surface area contributed by atoms with E-state index in [9.17, 15) is 14.7 Å². The van der Waals surface area contributed by atoms with Crippen molar-refractivity contribution in [2.75, 3.05) is 38.5 Å². The number of hydrogen-bond acceptors (Lipinski definition) is 5. The van der Waals surface area contributed by atoms with Crippen molar-refractivity contribution in [1.82, 2.24) is 9.80 Å². The predicted octanol–water partition coefficient (Wildman–Crippen LogP) is 1.66. The standard InChI is InChI=1S/C23H28N4O3/c1-25-20-18(15-24)3-2-4-19(20)16-5-7-17(8-6-16)21(28)26-11-13-27(14-12-26)22(29)23(30)9-10-23/h2-8,25,30H,9-15,24H2,1H3. The van der Waals surface area contributed by atoms with Crippen LogP contribution in [0, 0.1) is 0 Å². The van der Waals surface area contributed by atoms with Crippen molar-refractivity contribution in [3.63, 3.8) is 0 Å². The number of benzene rings is 2. The van der Waals surface area contributed by atoms with E-state index in [0.29, 0.717) is 51.1 Å². The van der Waals surface area contributed by atoms with Crippen molar-refractivity contribution in [2.24, 2.45) is 5.73 Å². The highest BCUT2D eigenvalue weighted by molar-refractivity contribution is 5.95. The van der Waals surface area contributed by atoms with Crippen LogP contribution in [0.1, 0.15) is 28.8 Å². The average molecular weight is 409 g/mol. The molecule has 0 unspecified atom stereocenters. The Morgan fingerprint density at radius 2 is 1.67 bits per heavy atom. The first kappa shape index (κ1) is 20.4. The van der Waals surface area contributed by atoms with Gasteiger partial charge < -0.3 is 26.0 Å². The fourth-order valence-corrected chi connectivity index (χ4v) is 4.02. The van der Waals surface area contributed by atoms with Crippen LogP contribution in [0.25, 0.3) is 11.1 Å². The second-order valence-corrected chi connectivity index (χ2v) is 7.99. The van der Waals surface area contributed by atoms with Crippen LogP contribution in [0.15, 0.2) is 42.5 Å². The first-order valence-electron chi connectivity index (χ1n) is 10.4. The summed E-state index contributed by atoms with van der Waals surface area (Å²) >= 11 is 0. The lowest BCUT2D eigenvalue weighted by atomic mass is 9.98. The van der Waals surface area contributed by atoms with Crippen LogP contribution in [-0.2, 0) is 11.3 Å². The van der Waals surface area contributed by atoms with E-state index in [0.717, 1.165) is 22.4 Å². The van der Waals surface area contributed by atoms with Crippen molar-refractivity contribution in [3.05, 3.63) is 53.6 Å². The van der Waals surface area contributed by atoms with Crippen LogP contribution >= 0.6 is 0 Å². The van der Waals surface area contributed by atoms with E-state index in [2.05, 4.69) is 5.32 Å². The number of carbonyl (C=O) groups is 2. The number of para-hydroxylation sites is 1. The van der Waals surface area contributed by atoms with Crippen molar-refractivity contribution in [1.29, 1.82) is 0 Å². The fourth-order valence-electron chi connectivity index (χ4n) is 4.02. The lowest BCUT2D eigenvalue weighted by molar-refractivity contribution is -0.143. The number of rotatable bonds is 5. The van der Waals surface area contributed by atoms with Gasteiger partial charge in [0.05, 0.1) is 0 Å². The maximum atomic E-state index is 12.9. The predicted molar refractivity (Wildman–Crippen MR) is 116 cm³/mol. The number of hydrogen-bond donors (Lipinski definition) is 3. The Morgan fingerprint density at radius 1 is 1.03 bits per heavy atom. The molecule has 1 heterocycles. The molecule has 2 amide bonds. The molecule has 1 aliphatic heterocycles. The molecule has 0 spiro atoms. The van der Waals surface area contributed by atoms with Gasteiger partial charge in [-0.05, 0) is 36.1 Å². The number of anilines is 1. The van der Waals surface area contributed by atoms with E-state index < -0.39 is 5.60 Å². The topological polar surface area (TPSA) is 98.9 Å². The Bertz CT molecular complexity index is 945. The summed E-state index contributed by atoms with van der Waals surface area (Å²) in [6.45, 7) is 2.33. The number of amides is 2.